The Morgan fingerprint density at radius 2 is 1.42 bits per heavy atom. The molecule has 0 spiro atoms. The van der Waals surface area contributed by atoms with Crippen molar-refractivity contribution in [1.29, 1.82) is 0 Å². The van der Waals surface area contributed by atoms with Crippen LogP contribution in [0.3, 0.4) is 0 Å². The van der Waals surface area contributed by atoms with E-state index < -0.39 is 0 Å². The molecule has 0 aromatic heterocycles. The molecule has 33 heavy (non-hydrogen) atoms. The Morgan fingerprint density at radius 1 is 0.788 bits per heavy atom. The second-order valence-electron chi connectivity index (χ2n) is 15.2. The summed E-state index contributed by atoms with van der Waals surface area (Å²) in [6.45, 7) is 22.4. The molecule has 0 aromatic rings. The Labute approximate surface area is 204 Å². The SMILES string of the molecule is C=C(C)[C@@H]1CC[C@]2(CO)CC[C@]3(C)[C@@](C)(CC[C@@H]4[C@]5(C)CC[C@H](O)C(C)(C)[C@@H]5CC[C@@]43C)[C@H]12. The summed E-state index contributed by atoms with van der Waals surface area (Å²) in [5.74, 6) is 2.49. The van der Waals surface area contributed by atoms with Gasteiger partial charge in [-0.25, -0.2) is 0 Å². The average molecular weight is 457 g/mol. The van der Waals surface area contributed by atoms with Crippen LogP contribution in [0, 0.1) is 56.2 Å². The van der Waals surface area contributed by atoms with E-state index in [0.29, 0.717) is 40.6 Å². The van der Waals surface area contributed by atoms with Crippen molar-refractivity contribution in [1.82, 2.24) is 0 Å². The summed E-state index contributed by atoms with van der Waals surface area (Å²) in [6, 6.07) is 0. The summed E-state index contributed by atoms with van der Waals surface area (Å²) < 4.78 is 0. The number of hydrogen-bond donors (Lipinski definition) is 2. The van der Waals surface area contributed by atoms with Crippen molar-refractivity contribution in [3.63, 3.8) is 0 Å². The van der Waals surface area contributed by atoms with Crippen molar-refractivity contribution in [2.45, 2.75) is 119 Å². The molecule has 0 bridgehead atoms. The maximum Gasteiger partial charge on any atom is 0.0594 e. The molecule has 0 amide bonds. The molecular weight excluding hydrogens is 404 g/mol. The topological polar surface area (TPSA) is 40.5 Å². The predicted molar refractivity (Wildman–Crippen MR) is 137 cm³/mol. The molecule has 0 saturated heterocycles. The van der Waals surface area contributed by atoms with Crippen molar-refractivity contribution in [3.05, 3.63) is 12.2 Å². The van der Waals surface area contributed by atoms with Crippen molar-refractivity contribution in [2.75, 3.05) is 6.61 Å². The van der Waals surface area contributed by atoms with Gasteiger partial charge in [0.1, 0.15) is 0 Å². The number of rotatable bonds is 2. The zero-order valence-electron chi connectivity index (χ0n) is 22.8. The highest BCUT2D eigenvalue weighted by atomic mass is 16.3. The number of aliphatic hydroxyl groups excluding tert-OH is 2. The summed E-state index contributed by atoms with van der Waals surface area (Å²) in [4.78, 5) is 0. The molecule has 0 radical (unpaired) electrons. The lowest BCUT2D eigenvalue weighted by Gasteiger charge is -2.76. The quantitative estimate of drug-likeness (QED) is 0.425. The van der Waals surface area contributed by atoms with Crippen LogP contribution in [0.25, 0.3) is 0 Å². The maximum absolute atomic E-state index is 10.9. The van der Waals surface area contributed by atoms with Crippen molar-refractivity contribution in [3.8, 4) is 0 Å². The van der Waals surface area contributed by atoms with Gasteiger partial charge in [0.15, 0.2) is 0 Å². The Morgan fingerprint density at radius 3 is 2.06 bits per heavy atom. The van der Waals surface area contributed by atoms with Gasteiger partial charge in [0.2, 0.25) is 0 Å². The molecule has 10 atom stereocenters. The van der Waals surface area contributed by atoms with Gasteiger partial charge in [-0.2, -0.15) is 0 Å². The van der Waals surface area contributed by atoms with Crippen LogP contribution >= 0.6 is 0 Å². The molecule has 0 aromatic carbocycles. The minimum Gasteiger partial charge on any atom is -0.396 e. The molecule has 2 nitrogen and oxygen atoms in total. The number of allylic oxidation sites excluding steroid dienone is 1. The van der Waals surface area contributed by atoms with E-state index in [1.165, 1.54) is 63.4 Å². The summed E-state index contributed by atoms with van der Waals surface area (Å²) in [6.07, 6.45) is 12.0. The van der Waals surface area contributed by atoms with Gasteiger partial charge in [-0.15, -0.1) is 0 Å². The van der Waals surface area contributed by atoms with E-state index in [9.17, 15) is 10.2 Å². The van der Waals surface area contributed by atoms with Gasteiger partial charge in [0, 0.05) is 6.61 Å². The molecule has 5 rings (SSSR count). The van der Waals surface area contributed by atoms with Crippen LogP contribution < -0.4 is 0 Å². The highest BCUT2D eigenvalue weighted by Crippen LogP contribution is 2.81. The van der Waals surface area contributed by atoms with Crippen LogP contribution in [-0.4, -0.2) is 22.9 Å². The van der Waals surface area contributed by atoms with Gasteiger partial charge in [-0.05, 0) is 127 Å². The number of hydrogen-bond acceptors (Lipinski definition) is 2. The van der Waals surface area contributed by atoms with E-state index in [4.69, 9.17) is 0 Å². The predicted octanol–water partition coefficient (Wildman–Crippen LogP) is 7.39. The second kappa shape index (κ2) is 7.12. The molecule has 0 aliphatic heterocycles. The van der Waals surface area contributed by atoms with Crippen LogP contribution in [0.5, 0.6) is 0 Å². The first kappa shape index (κ1) is 24.4. The molecule has 0 unspecified atom stereocenters. The highest BCUT2D eigenvalue weighted by molar-refractivity contribution is 5.25. The zero-order valence-corrected chi connectivity index (χ0v) is 22.8. The minimum absolute atomic E-state index is 0.0189. The normalized spacial score (nSPS) is 57.4. The lowest BCUT2D eigenvalue weighted by atomic mass is 9.29. The monoisotopic (exact) mass is 456 g/mol. The Kier molecular flexibility index (Phi) is 5.25. The molecule has 0 heterocycles. The zero-order chi connectivity index (χ0) is 24.2. The van der Waals surface area contributed by atoms with Crippen molar-refractivity contribution < 1.29 is 10.2 Å². The van der Waals surface area contributed by atoms with Crippen LogP contribution in [-0.2, 0) is 0 Å². The first-order valence-electron chi connectivity index (χ1n) is 14.2. The molecule has 2 N–H and O–H groups in total. The Bertz CT molecular complexity index is 831. The molecule has 2 heteroatoms. The lowest BCUT2D eigenvalue weighted by Crippen LogP contribution is -2.70. The Balaban J connectivity index is 1.60. The molecule has 5 aliphatic carbocycles. The molecule has 5 aliphatic rings. The van der Waals surface area contributed by atoms with Gasteiger partial charge < -0.3 is 10.2 Å². The van der Waals surface area contributed by atoms with Gasteiger partial charge in [-0.1, -0.05) is 53.7 Å². The van der Waals surface area contributed by atoms with Gasteiger partial charge in [-0.3, -0.25) is 0 Å². The largest absolute Gasteiger partial charge is 0.396 e. The van der Waals surface area contributed by atoms with Gasteiger partial charge in [0.25, 0.3) is 0 Å². The van der Waals surface area contributed by atoms with Crippen molar-refractivity contribution >= 4 is 0 Å². The molecule has 188 valence electrons. The van der Waals surface area contributed by atoms with Crippen LogP contribution in [0.2, 0.25) is 0 Å². The van der Waals surface area contributed by atoms with Crippen molar-refractivity contribution in [2.24, 2.45) is 56.2 Å². The van der Waals surface area contributed by atoms with Crippen LogP contribution in [0.4, 0.5) is 0 Å². The first-order chi connectivity index (χ1) is 15.2. The lowest BCUT2D eigenvalue weighted by molar-refractivity contribution is -0.279. The fourth-order valence-electron chi connectivity index (χ4n) is 12.2. The van der Waals surface area contributed by atoms with E-state index in [1.807, 2.05) is 0 Å². The first-order valence-corrected chi connectivity index (χ1v) is 14.2. The number of aliphatic hydroxyl groups is 2. The summed E-state index contributed by atoms with van der Waals surface area (Å²) in [7, 11) is 0. The molecule has 5 saturated carbocycles. The second-order valence-corrected chi connectivity index (χ2v) is 15.2. The smallest absolute Gasteiger partial charge is 0.0594 e. The maximum atomic E-state index is 10.9. The fraction of sp³-hybridized carbons (Fsp3) is 0.935. The third kappa shape index (κ3) is 2.69. The van der Waals surface area contributed by atoms with E-state index in [2.05, 4.69) is 55.0 Å². The summed E-state index contributed by atoms with van der Waals surface area (Å²) in [5.41, 5.74) is 2.68. The van der Waals surface area contributed by atoms with E-state index >= 15 is 0 Å². The van der Waals surface area contributed by atoms with Gasteiger partial charge >= 0.3 is 0 Å². The third-order valence-electron chi connectivity index (χ3n) is 14.3. The average Bonchev–Trinajstić information content (AvgIpc) is 3.15. The molecular formula is C31H52O2. The van der Waals surface area contributed by atoms with Crippen LogP contribution in [0.15, 0.2) is 12.2 Å². The van der Waals surface area contributed by atoms with Gasteiger partial charge in [0.05, 0.1) is 6.10 Å². The van der Waals surface area contributed by atoms with E-state index in [0.717, 1.165) is 12.3 Å². The third-order valence-corrected chi connectivity index (χ3v) is 14.3. The summed E-state index contributed by atoms with van der Waals surface area (Å²) in [5, 5.41) is 21.7. The van der Waals surface area contributed by atoms with E-state index in [-0.39, 0.29) is 22.3 Å². The fourth-order valence-corrected chi connectivity index (χ4v) is 12.2. The summed E-state index contributed by atoms with van der Waals surface area (Å²) >= 11 is 0. The Hall–Kier alpha value is -0.340. The van der Waals surface area contributed by atoms with E-state index in [1.54, 1.807) is 0 Å². The minimum atomic E-state index is -0.154. The highest BCUT2D eigenvalue weighted by Gasteiger charge is 2.74. The molecule has 5 fully saturated rings. The van der Waals surface area contributed by atoms with Crippen LogP contribution in [0.1, 0.15) is 113 Å². The standard InChI is InChI=1S/C31H52O2/c1-20(2)21-9-16-31(19-32)18-17-30(8)28(6)14-10-22-26(3,4)24(33)12-13-27(22,5)23(28)11-15-29(30,7)25(21)31/h21-25,32-33H,1,9-19H2,2-8H3/t21-,22-,23+,24-,25-,27+,28-,29-,30-,31+/m0/s1. The number of fused-ring (bicyclic) bond motifs is 7.